The van der Waals surface area contributed by atoms with E-state index in [0.717, 1.165) is 0 Å². The van der Waals surface area contributed by atoms with Gasteiger partial charge in [-0.05, 0) is 58.1 Å². The maximum atomic E-state index is 2.43. The summed E-state index contributed by atoms with van der Waals surface area (Å²) >= 11 is 0. The molecule has 0 saturated carbocycles. The third kappa shape index (κ3) is 3.73. The first-order valence-electron chi connectivity index (χ1n) is 12.7. The lowest BCUT2D eigenvalue weighted by molar-refractivity contribution is 1.18. The molecule has 0 atom stereocenters. The fourth-order valence-corrected chi connectivity index (χ4v) is 5.43. The summed E-state index contributed by atoms with van der Waals surface area (Å²) in [5.74, 6) is 0. The molecule has 0 bridgehead atoms. The maximum Gasteiger partial charge on any atom is 0.0541 e. The van der Waals surface area contributed by atoms with E-state index >= 15 is 0 Å². The van der Waals surface area contributed by atoms with Crippen molar-refractivity contribution < 1.29 is 0 Å². The number of rotatable bonds is 4. The quantitative estimate of drug-likeness (QED) is 0.241. The Kier molecular flexibility index (Phi) is 5.19. The summed E-state index contributed by atoms with van der Waals surface area (Å²) in [6.07, 6.45) is 0. The van der Waals surface area contributed by atoms with Crippen molar-refractivity contribution in [2.24, 2.45) is 0 Å². The maximum absolute atomic E-state index is 2.43. The molecule has 0 unspecified atom stereocenters. The highest BCUT2D eigenvalue weighted by Crippen LogP contribution is 2.39. The van der Waals surface area contributed by atoms with Gasteiger partial charge < -0.3 is 4.57 Å². The summed E-state index contributed by atoms with van der Waals surface area (Å²) in [6, 6.07) is 54.4. The second-order valence-electron chi connectivity index (χ2n) is 9.41. The first-order chi connectivity index (χ1) is 18.4. The van der Waals surface area contributed by atoms with E-state index in [-0.39, 0.29) is 0 Å². The van der Waals surface area contributed by atoms with E-state index < -0.39 is 0 Å². The van der Waals surface area contributed by atoms with Crippen molar-refractivity contribution in [2.45, 2.75) is 0 Å². The Morgan fingerprint density at radius 2 is 0.757 bits per heavy atom. The molecule has 1 heteroatoms. The lowest BCUT2D eigenvalue weighted by atomic mass is 10.0. The van der Waals surface area contributed by atoms with Crippen LogP contribution in [0.4, 0.5) is 0 Å². The Balaban J connectivity index is 1.55. The van der Waals surface area contributed by atoms with Gasteiger partial charge in [0.05, 0.1) is 16.7 Å². The Morgan fingerprint density at radius 3 is 1.27 bits per heavy atom. The number of para-hydroxylation sites is 1. The molecule has 0 aliphatic heterocycles. The van der Waals surface area contributed by atoms with Crippen LogP contribution in [0, 0.1) is 0 Å². The van der Waals surface area contributed by atoms with Gasteiger partial charge in [-0.15, -0.1) is 0 Å². The third-order valence-corrected chi connectivity index (χ3v) is 7.21. The fourth-order valence-electron chi connectivity index (χ4n) is 5.43. The van der Waals surface area contributed by atoms with Crippen LogP contribution < -0.4 is 0 Å². The lowest BCUT2D eigenvalue weighted by Crippen LogP contribution is -1.97. The zero-order valence-corrected chi connectivity index (χ0v) is 20.4. The minimum atomic E-state index is 1.19. The van der Waals surface area contributed by atoms with E-state index in [1.165, 1.54) is 60.9 Å². The summed E-state index contributed by atoms with van der Waals surface area (Å²) in [6.45, 7) is 0. The molecule has 0 radical (unpaired) electrons. The predicted molar refractivity (Wildman–Crippen MR) is 157 cm³/mol. The molecule has 0 spiro atoms. The molecule has 0 aliphatic carbocycles. The van der Waals surface area contributed by atoms with Gasteiger partial charge in [-0.1, -0.05) is 121 Å². The molecular formula is C36H25N. The number of nitrogens with zero attached hydrogens (tertiary/aromatic N) is 1. The molecule has 0 aliphatic rings. The highest BCUT2D eigenvalue weighted by Gasteiger charge is 2.17. The molecule has 6 aromatic carbocycles. The molecular weight excluding hydrogens is 446 g/mol. The lowest BCUT2D eigenvalue weighted by Gasteiger charge is -2.14. The largest absolute Gasteiger partial charge is 0.309 e. The topological polar surface area (TPSA) is 4.93 Å². The van der Waals surface area contributed by atoms with Gasteiger partial charge in [0.2, 0.25) is 0 Å². The van der Waals surface area contributed by atoms with Gasteiger partial charge in [0.15, 0.2) is 0 Å². The van der Waals surface area contributed by atoms with Crippen LogP contribution in [0.2, 0.25) is 0 Å². The van der Waals surface area contributed by atoms with E-state index in [0.29, 0.717) is 0 Å². The zero-order valence-electron chi connectivity index (χ0n) is 20.4. The molecule has 37 heavy (non-hydrogen) atoms. The highest BCUT2D eigenvalue weighted by atomic mass is 15.0. The predicted octanol–water partition coefficient (Wildman–Crippen LogP) is 9.78. The molecule has 7 rings (SSSR count). The SMILES string of the molecule is c1ccc(-c2ccc3c(c2)c2cc(-c4ccccc4)ccc2n3-c2ccccc2-c2ccccc2)cc1. The molecule has 1 aromatic heterocycles. The van der Waals surface area contributed by atoms with E-state index in [9.17, 15) is 0 Å². The van der Waals surface area contributed by atoms with Crippen LogP contribution in [-0.2, 0) is 0 Å². The minimum Gasteiger partial charge on any atom is -0.309 e. The average Bonchev–Trinajstić information content (AvgIpc) is 3.31. The number of hydrogen-bond donors (Lipinski definition) is 0. The first-order valence-corrected chi connectivity index (χ1v) is 12.7. The summed E-state index contributed by atoms with van der Waals surface area (Å²) in [5.41, 5.74) is 11.0. The molecule has 1 heterocycles. The van der Waals surface area contributed by atoms with Crippen LogP contribution in [0.15, 0.2) is 152 Å². The van der Waals surface area contributed by atoms with Gasteiger partial charge in [-0.2, -0.15) is 0 Å². The van der Waals surface area contributed by atoms with E-state index in [1.54, 1.807) is 0 Å². The second kappa shape index (κ2) is 8.96. The van der Waals surface area contributed by atoms with Crippen molar-refractivity contribution in [3.8, 4) is 39.1 Å². The van der Waals surface area contributed by atoms with Gasteiger partial charge in [0.1, 0.15) is 0 Å². The molecule has 1 nitrogen and oxygen atoms in total. The van der Waals surface area contributed by atoms with Gasteiger partial charge in [0.25, 0.3) is 0 Å². The summed E-state index contributed by atoms with van der Waals surface area (Å²) in [4.78, 5) is 0. The van der Waals surface area contributed by atoms with Gasteiger partial charge in [-0.25, -0.2) is 0 Å². The average molecular weight is 472 g/mol. The van der Waals surface area contributed by atoms with Crippen molar-refractivity contribution in [1.29, 1.82) is 0 Å². The molecule has 7 aromatic rings. The minimum absolute atomic E-state index is 1.19. The van der Waals surface area contributed by atoms with Gasteiger partial charge >= 0.3 is 0 Å². The Morgan fingerprint density at radius 1 is 0.324 bits per heavy atom. The number of benzene rings is 6. The van der Waals surface area contributed by atoms with Crippen LogP contribution in [0.25, 0.3) is 60.9 Å². The Hall–Kier alpha value is -4.88. The molecule has 0 amide bonds. The zero-order chi connectivity index (χ0) is 24.6. The van der Waals surface area contributed by atoms with Gasteiger partial charge in [0, 0.05) is 16.3 Å². The summed E-state index contributed by atoms with van der Waals surface area (Å²) < 4.78 is 2.43. The standard InChI is InChI=1S/C36H25N/c1-4-12-26(13-5-1)29-20-22-35-32(24-29)33-25-30(27-14-6-2-7-15-27)21-23-36(33)37(35)34-19-11-10-18-31(34)28-16-8-3-9-17-28/h1-25H. The first kappa shape index (κ1) is 21.4. The summed E-state index contributed by atoms with van der Waals surface area (Å²) in [5, 5.41) is 2.52. The molecule has 0 fully saturated rings. The van der Waals surface area contributed by atoms with Crippen molar-refractivity contribution in [2.75, 3.05) is 0 Å². The van der Waals surface area contributed by atoms with Crippen LogP contribution in [0.1, 0.15) is 0 Å². The van der Waals surface area contributed by atoms with E-state index in [2.05, 4.69) is 156 Å². The van der Waals surface area contributed by atoms with Crippen LogP contribution in [0.3, 0.4) is 0 Å². The molecule has 0 saturated heterocycles. The third-order valence-electron chi connectivity index (χ3n) is 7.21. The number of fused-ring (bicyclic) bond motifs is 3. The van der Waals surface area contributed by atoms with Crippen molar-refractivity contribution in [3.05, 3.63) is 152 Å². The van der Waals surface area contributed by atoms with Crippen molar-refractivity contribution in [1.82, 2.24) is 4.57 Å². The number of hydrogen-bond acceptors (Lipinski definition) is 0. The monoisotopic (exact) mass is 471 g/mol. The Bertz CT molecular complexity index is 1750. The van der Waals surface area contributed by atoms with E-state index in [4.69, 9.17) is 0 Å². The van der Waals surface area contributed by atoms with Crippen LogP contribution in [0.5, 0.6) is 0 Å². The fraction of sp³-hybridized carbons (Fsp3) is 0. The molecule has 0 N–H and O–H groups in total. The van der Waals surface area contributed by atoms with Gasteiger partial charge in [-0.3, -0.25) is 0 Å². The van der Waals surface area contributed by atoms with E-state index in [1.807, 2.05) is 0 Å². The molecule has 174 valence electrons. The van der Waals surface area contributed by atoms with Crippen molar-refractivity contribution in [3.63, 3.8) is 0 Å². The van der Waals surface area contributed by atoms with Crippen LogP contribution in [-0.4, -0.2) is 4.57 Å². The summed E-state index contributed by atoms with van der Waals surface area (Å²) in [7, 11) is 0. The Labute approximate surface area is 216 Å². The van der Waals surface area contributed by atoms with Crippen LogP contribution >= 0.6 is 0 Å². The smallest absolute Gasteiger partial charge is 0.0541 e. The van der Waals surface area contributed by atoms with Crippen molar-refractivity contribution >= 4 is 21.8 Å². The number of aromatic nitrogens is 1. The highest BCUT2D eigenvalue weighted by molar-refractivity contribution is 6.12. The second-order valence-corrected chi connectivity index (χ2v) is 9.41. The normalized spacial score (nSPS) is 11.2.